The van der Waals surface area contributed by atoms with E-state index in [2.05, 4.69) is 5.32 Å². The summed E-state index contributed by atoms with van der Waals surface area (Å²) >= 11 is 0. The van der Waals surface area contributed by atoms with Crippen molar-refractivity contribution in [3.63, 3.8) is 0 Å². The van der Waals surface area contributed by atoms with E-state index in [-0.39, 0.29) is 11.8 Å². The van der Waals surface area contributed by atoms with Crippen molar-refractivity contribution in [3.05, 3.63) is 0 Å². The molecule has 0 fully saturated rings. The first kappa shape index (κ1) is 12.9. The Morgan fingerprint density at radius 2 is 1.93 bits per heavy atom. The normalized spacial score (nSPS) is 14.4. The molecule has 0 saturated carbocycles. The third-order valence-corrected chi connectivity index (χ3v) is 1.99. The fourth-order valence-corrected chi connectivity index (χ4v) is 0.893. The van der Waals surface area contributed by atoms with Crippen molar-refractivity contribution >= 4 is 11.8 Å². The number of likely N-dealkylation sites (N-methyl/N-ethyl adjacent to an activating group) is 1. The molecule has 0 spiro atoms. The Balaban J connectivity index is 4.14. The third kappa shape index (κ3) is 3.74. The van der Waals surface area contributed by atoms with Crippen molar-refractivity contribution in [3.8, 4) is 0 Å². The van der Waals surface area contributed by atoms with E-state index in [9.17, 15) is 9.59 Å². The van der Waals surface area contributed by atoms with Crippen LogP contribution in [0.4, 0.5) is 0 Å². The van der Waals surface area contributed by atoms with E-state index in [0.29, 0.717) is 6.54 Å². The third-order valence-electron chi connectivity index (χ3n) is 1.99. The highest BCUT2D eigenvalue weighted by Gasteiger charge is 2.19. The lowest BCUT2D eigenvalue weighted by atomic mass is 10.2. The summed E-state index contributed by atoms with van der Waals surface area (Å²) in [4.78, 5) is 24.2. The molecule has 3 N–H and O–H groups in total. The van der Waals surface area contributed by atoms with Gasteiger partial charge in [-0.1, -0.05) is 0 Å². The van der Waals surface area contributed by atoms with Gasteiger partial charge in [0.2, 0.25) is 11.8 Å². The predicted molar refractivity (Wildman–Crippen MR) is 54.6 cm³/mol. The molecular formula is C9H19N3O2. The number of hydrogen-bond donors (Lipinski definition) is 2. The lowest BCUT2D eigenvalue weighted by Crippen LogP contribution is -2.49. The molecule has 0 radical (unpaired) electrons. The fourth-order valence-electron chi connectivity index (χ4n) is 0.893. The standard InChI is InChI=1S/C9H19N3O2/c1-5-12(4)9(14)7(3)11-8(13)6(2)10/h6-7H,5,10H2,1-4H3,(H,11,13)/t6-,7?/m0/s1. The molecule has 5 nitrogen and oxygen atoms in total. The maximum Gasteiger partial charge on any atom is 0.244 e. The molecule has 1 unspecified atom stereocenters. The number of amides is 2. The Bertz CT molecular complexity index is 216. The molecule has 2 amide bonds. The van der Waals surface area contributed by atoms with Gasteiger partial charge in [0.05, 0.1) is 6.04 Å². The van der Waals surface area contributed by atoms with Gasteiger partial charge >= 0.3 is 0 Å². The molecule has 0 saturated heterocycles. The fraction of sp³-hybridized carbons (Fsp3) is 0.778. The summed E-state index contributed by atoms with van der Waals surface area (Å²) in [5.41, 5.74) is 5.36. The zero-order chi connectivity index (χ0) is 11.3. The topological polar surface area (TPSA) is 75.4 Å². The molecule has 0 aromatic carbocycles. The van der Waals surface area contributed by atoms with Crippen LogP contribution in [0.25, 0.3) is 0 Å². The molecule has 0 aliphatic carbocycles. The SMILES string of the molecule is CCN(C)C(=O)C(C)NC(=O)[C@H](C)N. The number of nitrogens with zero attached hydrogens (tertiary/aromatic N) is 1. The van der Waals surface area contributed by atoms with Crippen molar-refractivity contribution in [2.45, 2.75) is 32.9 Å². The van der Waals surface area contributed by atoms with Crippen molar-refractivity contribution in [1.29, 1.82) is 0 Å². The summed E-state index contributed by atoms with van der Waals surface area (Å²) < 4.78 is 0. The highest BCUT2D eigenvalue weighted by Crippen LogP contribution is 1.92. The molecule has 0 rings (SSSR count). The van der Waals surface area contributed by atoms with Gasteiger partial charge < -0.3 is 16.0 Å². The van der Waals surface area contributed by atoms with Crippen molar-refractivity contribution < 1.29 is 9.59 Å². The van der Waals surface area contributed by atoms with Crippen LogP contribution in [0, 0.1) is 0 Å². The number of carbonyl (C=O) groups excluding carboxylic acids is 2. The predicted octanol–water partition coefficient (Wildman–Crippen LogP) is -0.683. The van der Waals surface area contributed by atoms with E-state index in [0.717, 1.165) is 0 Å². The minimum Gasteiger partial charge on any atom is -0.344 e. The van der Waals surface area contributed by atoms with Crippen LogP contribution < -0.4 is 11.1 Å². The van der Waals surface area contributed by atoms with Gasteiger partial charge in [-0.2, -0.15) is 0 Å². The molecule has 82 valence electrons. The van der Waals surface area contributed by atoms with Gasteiger partial charge in [0.1, 0.15) is 6.04 Å². The Morgan fingerprint density at radius 1 is 1.43 bits per heavy atom. The van der Waals surface area contributed by atoms with E-state index in [1.807, 2.05) is 6.92 Å². The summed E-state index contributed by atoms with van der Waals surface area (Å²) in [6.07, 6.45) is 0. The average Bonchev–Trinajstić information content (AvgIpc) is 2.14. The van der Waals surface area contributed by atoms with Gasteiger partial charge in [0, 0.05) is 13.6 Å². The highest BCUT2D eigenvalue weighted by atomic mass is 16.2. The van der Waals surface area contributed by atoms with Crippen LogP contribution in [0.15, 0.2) is 0 Å². The first-order valence-electron chi connectivity index (χ1n) is 4.71. The molecule has 0 aromatic rings. The number of rotatable bonds is 4. The van der Waals surface area contributed by atoms with Gasteiger partial charge in [0.15, 0.2) is 0 Å². The number of nitrogens with two attached hydrogens (primary N) is 1. The summed E-state index contributed by atoms with van der Waals surface area (Å²) in [5.74, 6) is -0.420. The average molecular weight is 201 g/mol. The second kappa shape index (κ2) is 5.59. The lowest BCUT2D eigenvalue weighted by Gasteiger charge is -2.21. The van der Waals surface area contributed by atoms with E-state index in [1.165, 1.54) is 0 Å². The molecule has 14 heavy (non-hydrogen) atoms. The van der Waals surface area contributed by atoms with Crippen LogP contribution in [0.1, 0.15) is 20.8 Å². The minimum absolute atomic E-state index is 0.110. The number of carbonyl (C=O) groups is 2. The maximum atomic E-state index is 11.5. The van der Waals surface area contributed by atoms with Gasteiger partial charge in [-0.15, -0.1) is 0 Å². The van der Waals surface area contributed by atoms with E-state index in [4.69, 9.17) is 5.73 Å². The number of nitrogens with one attached hydrogen (secondary N) is 1. The van der Waals surface area contributed by atoms with Crippen molar-refractivity contribution in [2.75, 3.05) is 13.6 Å². The Hall–Kier alpha value is -1.10. The van der Waals surface area contributed by atoms with E-state index >= 15 is 0 Å². The summed E-state index contributed by atoms with van der Waals surface area (Å²) in [7, 11) is 1.69. The Kier molecular flexibility index (Phi) is 5.15. The molecule has 0 aromatic heterocycles. The quantitative estimate of drug-likeness (QED) is 0.632. The van der Waals surface area contributed by atoms with Gasteiger partial charge in [0.25, 0.3) is 0 Å². The summed E-state index contributed by atoms with van der Waals surface area (Å²) in [5, 5.41) is 2.54. The van der Waals surface area contributed by atoms with Crippen LogP contribution >= 0.6 is 0 Å². The highest BCUT2D eigenvalue weighted by molar-refractivity contribution is 5.89. The second-order valence-corrected chi connectivity index (χ2v) is 3.37. The monoisotopic (exact) mass is 201 g/mol. The minimum atomic E-state index is -0.586. The zero-order valence-corrected chi connectivity index (χ0v) is 9.20. The van der Waals surface area contributed by atoms with Gasteiger partial charge in [-0.3, -0.25) is 9.59 Å². The van der Waals surface area contributed by atoms with Crippen LogP contribution in [0.2, 0.25) is 0 Å². The molecule has 0 heterocycles. The molecule has 0 aliphatic rings. The summed E-state index contributed by atoms with van der Waals surface area (Å²) in [6.45, 7) is 5.72. The molecule has 2 atom stereocenters. The van der Waals surface area contributed by atoms with Crippen molar-refractivity contribution in [2.24, 2.45) is 5.73 Å². The van der Waals surface area contributed by atoms with E-state index in [1.54, 1.807) is 25.8 Å². The zero-order valence-electron chi connectivity index (χ0n) is 9.20. The molecule has 0 bridgehead atoms. The molecular weight excluding hydrogens is 182 g/mol. The van der Waals surface area contributed by atoms with Crippen LogP contribution in [0.5, 0.6) is 0 Å². The van der Waals surface area contributed by atoms with Crippen LogP contribution in [-0.4, -0.2) is 42.4 Å². The first-order chi connectivity index (χ1) is 6.40. The smallest absolute Gasteiger partial charge is 0.244 e. The maximum absolute atomic E-state index is 11.5. The number of hydrogen-bond acceptors (Lipinski definition) is 3. The molecule has 0 aliphatic heterocycles. The van der Waals surface area contributed by atoms with Crippen molar-refractivity contribution in [1.82, 2.24) is 10.2 Å². The Morgan fingerprint density at radius 3 is 2.29 bits per heavy atom. The van der Waals surface area contributed by atoms with Gasteiger partial charge in [-0.25, -0.2) is 0 Å². The lowest BCUT2D eigenvalue weighted by molar-refractivity contribution is -0.134. The van der Waals surface area contributed by atoms with E-state index < -0.39 is 12.1 Å². The first-order valence-corrected chi connectivity index (χ1v) is 4.71. The van der Waals surface area contributed by atoms with Gasteiger partial charge in [-0.05, 0) is 20.8 Å². The summed E-state index contributed by atoms with van der Waals surface area (Å²) in [6, 6.07) is -1.10. The van der Waals surface area contributed by atoms with Crippen LogP contribution in [-0.2, 0) is 9.59 Å². The largest absolute Gasteiger partial charge is 0.344 e. The second-order valence-electron chi connectivity index (χ2n) is 3.37. The Labute approximate surface area is 84.6 Å². The molecule has 5 heteroatoms. The van der Waals surface area contributed by atoms with Crippen LogP contribution in [0.3, 0.4) is 0 Å².